The number of rotatable bonds is 5. The van der Waals surface area contributed by atoms with Crippen LogP contribution in [0.1, 0.15) is 40.7 Å². The van der Waals surface area contributed by atoms with Crippen molar-refractivity contribution in [1.82, 2.24) is 10.2 Å². The van der Waals surface area contributed by atoms with Crippen LogP contribution in [0, 0.1) is 0 Å². The predicted molar refractivity (Wildman–Crippen MR) is 121 cm³/mol. The minimum absolute atomic E-state index is 0.0298. The summed E-state index contributed by atoms with van der Waals surface area (Å²) in [7, 11) is 4.71. The number of aromatic nitrogens is 2. The van der Waals surface area contributed by atoms with Gasteiger partial charge < -0.3 is 19.5 Å². The molecule has 1 aliphatic heterocycles. The molecule has 3 N–H and O–H groups in total. The first-order chi connectivity index (χ1) is 15.5. The van der Waals surface area contributed by atoms with Gasteiger partial charge in [0, 0.05) is 22.6 Å². The second kappa shape index (κ2) is 7.90. The van der Waals surface area contributed by atoms with E-state index in [0.717, 1.165) is 16.1 Å². The largest absolute Gasteiger partial charge is 0.493 e. The molecule has 1 aliphatic carbocycles. The van der Waals surface area contributed by atoms with Crippen molar-refractivity contribution in [3.05, 3.63) is 67.3 Å². The van der Waals surface area contributed by atoms with E-state index in [4.69, 9.17) is 14.2 Å². The number of ketones is 1. The van der Waals surface area contributed by atoms with E-state index in [2.05, 4.69) is 15.5 Å². The van der Waals surface area contributed by atoms with E-state index in [9.17, 15) is 9.59 Å². The maximum atomic E-state index is 13.5. The zero-order chi connectivity index (χ0) is 22.4. The molecular weight excluding hydrogens is 430 g/mol. The van der Waals surface area contributed by atoms with Crippen LogP contribution in [0.3, 0.4) is 0 Å². The summed E-state index contributed by atoms with van der Waals surface area (Å²) >= 11 is 1.55. The Bertz CT molecular complexity index is 1250. The van der Waals surface area contributed by atoms with E-state index in [1.54, 1.807) is 32.7 Å². The molecule has 0 bridgehead atoms. The zero-order valence-corrected chi connectivity index (χ0v) is 18.7. The highest BCUT2D eigenvalue weighted by molar-refractivity contribution is 7.10. The summed E-state index contributed by atoms with van der Waals surface area (Å²) in [6.45, 7) is 0. The summed E-state index contributed by atoms with van der Waals surface area (Å²) in [5.74, 6) is 1.83. The third-order valence-corrected chi connectivity index (χ3v) is 7.10. The van der Waals surface area contributed by atoms with Crippen LogP contribution >= 0.6 is 11.3 Å². The highest BCUT2D eigenvalue weighted by Gasteiger charge is 2.41. The average Bonchev–Trinajstić information content (AvgIpc) is 3.47. The highest BCUT2D eigenvalue weighted by atomic mass is 32.1. The maximum absolute atomic E-state index is 13.5. The molecule has 0 fully saturated rings. The van der Waals surface area contributed by atoms with Crippen molar-refractivity contribution in [3.63, 3.8) is 0 Å². The number of ether oxygens (including phenoxy) is 3. The van der Waals surface area contributed by atoms with E-state index < -0.39 is 0 Å². The highest BCUT2D eigenvalue weighted by Crippen LogP contribution is 2.49. The number of fused-ring (bicyclic) bond motifs is 1. The number of carbonyl (C=O) groups excluding carboxylic acids is 1. The Labute approximate surface area is 188 Å². The minimum Gasteiger partial charge on any atom is -0.493 e. The van der Waals surface area contributed by atoms with E-state index in [-0.39, 0.29) is 23.2 Å². The van der Waals surface area contributed by atoms with E-state index in [0.29, 0.717) is 47.0 Å². The van der Waals surface area contributed by atoms with Crippen LogP contribution in [-0.2, 0) is 4.79 Å². The number of allylic oxidation sites excluding steroid dienone is 2. The van der Waals surface area contributed by atoms with Crippen LogP contribution in [0.25, 0.3) is 0 Å². The smallest absolute Gasteiger partial charge is 0.270 e. The molecule has 3 heterocycles. The summed E-state index contributed by atoms with van der Waals surface area (Å²) in [5.41, 5.74) is 2.79. The van der Waals surface area contributed by atoms with Crippen LogP contribution < -0.4 is 25.1 Å². The number of hydrogen-bond acceptors (Lipinski definition) is 7. The van der Waals surface area contributed by atoms with Crippen LogP contribution in [0.15, 0.2) is 45.7 Å². The summed E-state index contributed by atoms with van der Waals surface area (Å²) in [6.07, 6.45) is 0.951. The molecule has 32 heavy (non-hydrogen) atoms. The van der Waals surface area contributed by atoms with Crippen molar-refractivity contribution < 1.29 is 19.0 Å². The van der Waals surface area contributed by atoms with E-state index in [1.807, 2.05) is 29.6 Å². The lowest BCUT2D eigenvalue weighted by Gasteiger charge is -2.34. The molecule has 2 aliphatic rings. The molecule has 8 nitrogen and oxygen atoms in total. The van der Waals surface area contributed by atoms with Gasteiger partial charge in [-0.25, -0.2) is 0 Å². The number of hydrogen-bond donors (Lipinski definition) is 3. The molecule has 0 saturated carbocycles. The molecule has 1 aromatic carbocycles. The third kappa shape index (κ3) is 3.12. The first-order valence-corrected chi connectivity index (χ1v) is 11.1. The molecule has 0 amide bonds. The van der Waals surface area contributed by atoms with Crippen molar-refractivity contribution in [3.8, 4) is 17.2 Å². The van der Waals surface area contributed by atoms with Crippen molar-refractivity contribution in [2.24, 2.45) is 0 Å². The quantitative estimate of drug-likeness (QED) is 0.543. The minimum atomic E-state index is -0.371. The fraction of sp³-hybridized carbons (Fsp3) is 0.304. The molecule has 0 unspecified atom stereocenters. The number of benzene rings is 1. The number of carbonyl (C=O) groups is 1. The third-order valence-electron chi connectivity index (χ3n) is 6.16. The molecule has 2 atom stereocenters. The van der Waals surface area contributed by atoms with Gasteiger partial charge in [-0.15, -0.1) is 11.3 Å². The molecular formula is C23H23N3O5S. The van der Waals surface area contributed by atoms with Gasteiger partial charge >= 0.3 is 0 Å². The second-order valence-electron chi connectivity index (χ2n) is 7.82. The summed E-state index contributed by atoms with van der Waals surface area (Å²) in [4.78, 5) is 27.0. The number of nitrogens with one attached hydrogen (secondary N) is 3. The van der Waals surface area contributed by atoms with Gasteiger partial charge in [0.1, 0.15) is 5.82 Å². The number of H-pyrrole nitrogens is 2. The number of thiophene rings is 1. The van der Waals surface area contributed by atoms with Crippen LogP contribution in [-0.4, -0.2) is 37.3 Å². The normalized spacial score (nSPS) is 19.8. The molecule has 2 aromatic heterocycles. The molecule has 0 spiro atoms. The van der Waals surface area contributed by atoms with Gasteiger partial charge in [-0.1, -0.05) is 6.07 Å². The Morgan fingerprint density at radius 3 is 2.38 bits per heavy atom. The van der Waals surface area contributed by atoms with Crippen molar-refractivity contribution in [2.75, 3.05) is 26.6 Å². The van der Waals surface area contributed by atoms with Crippen LogP contribution in [0.5, 0.6) is 17.2 Å². The van der Waals surface area contributed by atoms with Gasteiger partial charge in [-0.3, -0.25) is 19.8 Å². The summed E-state index contributed by atoms with van der Waals surface area (Å²) in [5, 5.41) is 10.9. The van der Waals surface area contributed by atoms with E-state index in [1.165, 1.54) is 0 Å². The van der Waals surface area contributed by atoms with Crippen LogP contribution in [0.2, 0.25) is 0 Å². The molecule has 0 saturated heterocycles. The number of Topliss-reactive ketones (excluding diaryl/α,β-unsaturated/α-hetero) is 1. The van der Waals surface area contributed by atoms with Crippen LogP contribution in [0.4, 0.5) is 5.82 Å². The lowest BCUT2D eigenvalue weighted by atomic mass is 9.74. The van der Waals surface area contributed by atoms with Gasteiger partial charge in [0.25, 0.3) is 5.56 Å². The standard InChI is InChI=1S/C23H23N3O5S/c1-29-15-9-12(10-16(30-2)21(15)31-3)11-7-13-18(14(27)8-11)19(17-5-4-6-32-17)20-22(24-13)25-26-23(20)28/h4-6,9-11,19H,7-8H2,1-3H3,(H3,24,25,26,28)/t11-,19-/m1/s1. The first kappa shape index (κ1) is 20.4. The van der Waals surface area contributed by atoms with Gasteiger partial charge in [0.2, 0.25) is 5.75 Å². The summed E-state index contributed by atoms with van der Waals surface area (Å²) < 4.78 is 16.4. The van der Waals surface area contributed by atoms with Gasteiger partial charge in [-0.2, -0.15) is 0 Å². The SMILES string of the molecule is COc1cc([C@H]2CC(=O)C3=C(C2)Nc2[nH][nH]c(=O)c2[C@@H]3c2cccs2)cc(OC)c1OC. The van der Waals surface area contributed by atoms with Crippen molar-refractivity contribution in [2.45, 2.75) is 24.7 Å². The summed E-state index contributed by atoms with van der Waals surface area (Å²) in [6, 6.07) is 7.71. The monoisotopic (exact) mass is 453 g/mol. The second-order valence-corrected chi connectivity index (χ2v) is 8.80. The number of anilines is 1. The number of methoxy groups -OCH3 is 3. The van der Waals surface area contributed by atoms with E-state index >= 15 is 0 Å². The maximum Gasteiger partial charge on any atom is 0.270 e. The van der Waals surface area contributed by atoms with Gasteiger partial charge in [-0.05, 0) is 41.5 Å². The molecule has 9 heteroatoms. The Morgan fingerprint density at radius 2 is 1.75 bits per heavy atom. The Balaban J connectivity index is 1.59. The Morgan fingerprint density at radius 1 is 1.00 bits per heavy atom. The number of aromatic amines is 2. The van der Waals surface area contributed by atoms with Gasteiger partial charge in [0.05, 0.1) is 32.8 Å². The first-order valence-electron chi connectivity index (χ1n) is 10.2. The lowest BCUT2D eigenvalue weighted by molar-refractivity contribution is -0.116. The fourth-order valence-electron chi connectivity index (χ4n) is 4.73. The fourth-order valence-corrected chi connectivity index (χ4v) is 5.58. The molecule has 5 rings (SSSR count). The Kier molecular flexibility index (Phi) is 5.05. The molecule has 0 radical (unpaired) electrons. The predicted octanol–water partition coefficient (Wildman–Crippen LogP) is 3.75. The average molecular weight is 454 g/mol. The lowest BCUT2D eigenvalue weighted by Crippen LogP contribution is -2.31. The topological polar surface area (TPSA) is 105 Å². The zero-order valence-electron chi connectivity index (χ0n) is 17.9. The molecule has 3 aromatic rings. The Hall–Kier alpha value is -3.46. The van der Waals surface area contributed by atoms with Crippen molar-refractivity contribution >= 4 is 22.9 Å². The van der Waals surface area contributed by atoms with Crippen molar-refractivity contribution in [1.29, 1.82) is 0 Å². The van der Waals surface area contributed by atoms with Gasteiger partial charge in [0.15, 0.2) is 17.3 Å². The molecule has 166 valence electrons.